The van der Waals surface area contributed by atoms with Crippen LogP contribution in [-0.4, -0.2) is 4.98 Å². The van der Waals surface area contributed by atoms with Crippen LogP contribution in [0, 0.1) is 0 Å². The van der Waals surface area contributed by atoms with Crippen LogP contribution in [0.3, 0.4) is 0 Å². The lowest BCUT2D eigenvalue weighted by Gasteiger charge is -2.26. The second kappa shape index (κ2) is 11.3. The van der Waals surface area contributed by atoms with Crippen molar-refractivity contribution in [3.63, 3.8) is 0 Å². The van der Waals surface area contributed by atoms with Gasteiger partial charge in [-0.2, -0.15) is 0 Å². The van der Waals surface area contributed by atoms with Gasteiger partial charge in [-0.15, -0.1) is 11.3 Å². The summed E-state index contributed by atoms with van der Waals surface area (Å²) in [6, 6.07) is 60.3. The Morgan fingerprint density at radius 2 is 1.13 bits per heavy atom. The lowest BCUT2D eigenvalue weighted by atomic mass is 10.0. The minimum atomic E-state index is 0.584. The maximum Gasteiger partial charge on any atom is 0.228 e. The molecule has 0 fully saturated rings. The summed E-state index contributed by atoms with van der Waals surface area (Å²) in [5, 5.41) is 11.7. The molecule has 0 N–H and O–H groups in total. The molecule has 0 radical (unpaired) electrons. The van der Waals surface area contributed by atoms with E-state index in [1.54, 1.807) is 0 Å². The fourth-order valence-electron chi connectivity index (χ4n) is 8.30. The molecule has 54 heavy (non-hydrogen) atoms. The van der Waals surface area contributed by atoms with Crippen molar-refractivity contribution in [2.24, 2.45) is 0 Å². The number of thiophene rings is 1. The lowest BCUT2D eigenvalue weighted by Crippen LogP contribution is -2.09. The monoisotopic (exact) mass is 708 g/mol. The summed E-state index contributed by atoms with van der Waals surface area (Å²) in [6.45, 7) is 0. The largest absolute Gasteiger partial charge is 0.456 e. The third-order valence-electron chi connectivity index (χ3n) is 10.8. The van der Waals surface area contributed by atoms with Crippen LogP contribution in [0.5, 0.6) is 0 Å². The van der Waals surface area contributed by atoms with E-state index in [4.69, 9.17) is 13.8 Å². The van der Waals surface area contributed by atoms with Gasteiger partial charge in [-0.05, 0) is 87.6 Å². The third kappa shape index (κ3) is 4.39. The Morgan fingerprint density at radius 3 is 2.04 bits per heavy atom. The quantitative estimate of drug-likeness (QED) is 0.183. The van der Waals surface area contributed by atoms with Gasteiger partial charge in [-0.25, -0.2) is 4.98 Å². The molecule has 12 rings (SSSR count). The number of nitrogens with zero attached hydrogens (tertiary/aromatic N) is 2. The van der Waals surface area contributed by atoms with Gasteiger partial charge >= 0.3 is 0 Å². The average Bonchev–Trinajstić information content (AvgIpc) is 3.94. The SMILES string of the molecule is c1ccc2cc(N(c3ccc4c(c3)oc3cccc(-c5nc6ccc7ccccc7c6o5)c34)c3ccc4sc5c6ccccc6ccc5c4c3)ccc2c1. The van der Waals surface area contributed by atoms with E-state index < -0.39 is 0 Å². The van der Waals surface area contributed by atoms with Crippen molar-refractivity contribution in [2.45, 2.75) is 0 Å². The standard InChI is InChI=1S/C49H28N2O2S/c1-2-11-32-26-33(19-16-29(32)8-1)51(34-21-25-45-41(27-34)38-22-17-31-10-4-6-13-37(31)48(38)54-45)35-20-23-39-44(28-35)52-43-15-7-14-40(46(39)43)49-50-42-24-18-30-9-3-5-12-36(30)47(42)53-49/h1-28H. The Labute approximate surface area is 312 Å². The van der Waals surface area contributed by atoms with E-state index in [0.717, 1.165) is 66.4 Å². The highest BCUT2D eigenvalue weighted by molar-refractivity contribution is 7.26. The van der Waals surface area contributed by atoms with Crippen molar-refractivity contribution in [3.05, 3.63) is 170 Å². The first-order valence-electron chi connectivity index (χ1n) is 18.1. The van der Waals surface area contributed by atoms with E-state index in [1.165, 1.54) is 41.7 Å². The molecular formula is C49H28N2O2S. The van der Waals surface area contributed by atoms with Gasteiger partial charge in [0.15, 0.2) is 5.58 Å². The zero-order chi connectivity index (χ0) is 35.3. The molecule has 0 aliphatic carbocycles. The summed E-state index contributed by atoms with van der Waals surface area (Å²) in [6.07, 6.45) is 0. The lowest BCUT2D eigenvalue weighted by molar-refractivity contribution is 0.623. The third-order valence-corrected chi connectivity index (χ3v) is 12.1. The van der Waals surface area contributed by atoms with E-state index in [0.29, 0.717) is 5.89 Å². The maximum absolute atomic E-state index is 6.65. The van der Waals surface area contributed by atoms with Crippen LogP contribution in [0.1, 0.15) is 0 Å². The smallest absolute Gasteiger partial charge is 0.228 e. The van der Waals surface area contributed by atoms with E-state index in [2.05, 4.69) is 144 Å². The van der Waals surface area contributed by atoms with Crippen LogP contribution in [0.25, 0.3) is 97.0 Å². The molecule has 12 aromatic rings. The van der Waals surface area contributed by atoms with Crippen molar-refractivity contribution in [1.29, 1.82) is 0 Å². The van der Waals surface area contributed by atoms with Gasteiger partial charge in [0.1, 0.15) is 16.7 Å². The number of rotatable bonds is 4. The molecule has 252 valence electrons. The highest BCUT2D eigenvalue weighted by Crippen LogP contribution is 2.45. The van der Waals surface area contributed by atoms with Gasteiger partial charge in [-0.1, -0.05) is 103 Å². The van der Waals surface area contributed by atoms with Gasteiger partial charge in [0.05, 0.1) is 0 Å². The van der Waals surface area contributed by atoms with Crippen LogP contribution < -0.4 is 4.90 Å². The normalized spacial score (nSPS) is 12.1. The molecule has 0 saturated heterocycles. The molecule has 4 nitrogen and oxygen atoms in total. The minimum Gasteiger partial charge on any atom is -0.456 e. The van der Waals surface area contributed by atoms with E-state index in [-0.39, 0.29) is 0 Å². The molecule has 0 aliphatic heterocycles. The summed E-state index contributed by atoms with van der Waals surface area (Å²) in [5.41, 5.74) is 7.31. The molecule has 9 aromatic carbocycles. The highest BCUT2D eigenvalue weighted by atomic mass is 32.1. The molecule has 3 aromatic heterocycles. The van der Waals surface area contributed by atoms with E-state index >= 15 is 0 Å². The topological polar surface area (TPSA) is 42.4 Å². The molecule has 0 unspecified atom stereocenters. The Bertz CT molecular complexity index is 3480. The molecule has 0 saturated carbocycles. The Morgan fingerprint density at radius 1 is 0.444 bits per heavy atom. The van der Waals surface area contributed by atoms with Crippen molar-refractivity contribution < 1.29 is 8.83 Å². The number of oxazole rings is 1. The first-order valence-corrected chi connectivity index (χ1v) is 18.9. The number of anilines is 3. The number of benzene rings is 9. The number of aromatic nitrogens is 1. The van der Waals surface area contributed by atoms with Crippen molar-refractivity contribution >= 4 is 114 Å². The van der Waals surface area contributed by atoms with Crippen LogP contribution in [0.2, 0.25) is 0 Å². The predicted octanol–water partition coefficient (Wildman–Crippen LogP) is 14.7. The number of furan rings is 1. The predicted molar refractivity (Wildman–Crippen MR) is 227 cm³/mol. The zero-order valence-corrected chi connectivity index (χ0v) is 29.6. The van der Waals surface area contributed by atoms with Crippen LogP contribution in [-0.2, 0) is 0 Å². The Hall–Kier alpha value is -6.95. The molecule has 0 spiro atoms. The van der Waals surface area contributed by atoms with Gasteiger partial charge in [0.2, 0.25) is 5.89 Å². The van der Waals surface area contributed by atoms with Gasteiger partial charge in [0, 0.05) is 65.0 Å². The molecule has 0 aliphatic rings. The van der Waals surface area contributed by atoms with Crippen molar-refractivity contribution in [3.8, 4) is 11.5 Å². The Kier molecular flexibility index (Phi) is 6.18. The molecule has 5 heteroatoms. The first kappa shape index (κ1) is 29.6. The van der Waals surface area contributed by atoms with Gasteiger partial charge in [-0.3, -0.25) is 0 Å². The number of hydrogen-bond acceptors (Lipinski definition) is 5. The van der Waals surface area contributed by atoms with Gasteiger partial charge < -0.3 is 13.7 Å². The maximum atomic E-state index is 6.65. The second-order valence-electron chi connectivity index (χ2n) is 13.9. The van der Waals surface area contributed by atoms with Gasteiger partial charge in [0.25, 0.3) is 0 Å². The molecular weight excluding hydrogens is 681 g/mol. The Balaban J connectivity index is 1.05. The summed E-state index contributed by atoms with van der Waals surface area (Å²) in [4.78, 5) is 7.31. The van der Waals surface area contributed by atoms with Crippen molar-refractivity contribution in [2.75, 3.05) is 4.90 Å². The molecule has 0 amide bonds. The highest BCUT2D eigenvalue weighted by Gasteiger charge is 2.21. The fourth-order valence-corrected chi connectivity index (χ4v) is 9.52. The summed E-state index contributed by atoms with van der Waals surface area (Å²) in [7, 11) is 0. The molecule has 0 bridgehead atoms. The first-order chi connectivity index (χ1) is 26.7. The second-order valence-corrected chi connectivity index (χ2v) is 15.0. The van der Waals surface area contributed by atoms with Crippen LogP contribution in [0.15, 0.2) is 179 Å². The van der Waals surface area contributed by atoms with E-state index in [9.17, 15) is 0 Å². The fraction of sp³-hybridized carbons (Fsp3) is 0. The van der Waals surface area contributed by atoms with Crippen molar-refractivity contribution in [1.82, 2.24) is 4.98 Å². The molecule has 0 atom stereocenters. The van der Waals surface area contributed by atoms with Crippen LogP contribution >= 0.6 is 11.3 Å². The zero-order valence-electron chi connectivity index (χ0n) is 28.8. The number of fused-ring (bicyclic) bond motifs is 12. The summed E-state index contributed by atoms with van der Waals surface area (Å²) < 4.78 is 15.8. The molecule has 3 heterocycles. The van der Waals surface area contributed by atoms with E-state index in [1.807, 2.05) is 41.7 Å². The number of hydrogen-bond donors (Lipinski definition) is 0. The van der Waals surface area contributed by atoms with Crippen LogP contribution in [0.4, 0.5) is 17.1 Å². The summed E-state index contributed by atoms with van der Waals surface area (Å²) in [5.74, 6) is 0.584. The minimum absolute atomic E-state index is 0.584. The average molecular weight is 709 g/mol. The summed E-state index contributed by atoms with van der Waals surface area (Å²) >= 11 is 1.86.